The zero-order chi connectivity index (χ0) is 38.0. The molecule has 0 amide bonds. The highest BCUT2D eigenvalue weighted by Gasteiger charge is 2.33. The minimum absolute atomic E-state index is 1.16. The molecule has 0 bridgehead atoms. The number of hydrogen-bond acceptors (Lipinski definition) is 0. The van der Waals surface area contributed by atoms with Gasteiger partial charge in [-0.05, 0) is 161 Å². The second-order valence-corrected chi connectivity index (χ2v) is 18.8. The van der Waals surface area contributed by atoms with Gasteiger partial charge in [-0.3, -0.25) is 0 Å². The van der Waals surface area contributed by atoms with Crippen LogP contribution >= 0.6 is 10.0 Å². The van der Waals surface area contributed by atoms with Crippen LogP contribution in [0.2, 0.25) is 0 Å². The molecule has 0 aliphatic carbocycles. The third kappa shape index (κ3) is 5.46. The summed E-state index contributed by atoms with van der Waals surface area (Å²) in [6, 6.07) is 61.3. The van der Waals surface area contributed by atoms with Crippen molar-refractivity contribution < 1.29 is 0 Å². The normalized spacial score (nSPS) is 14.1. The van der Waals surface area contributed by atoms with Gasteiger partial charge in [0.05, 0.1) is 0 Å². The van der Waals surface area contributed by atoms with E-state index in [1.54, 1.807) is 0 Å². The summed E-state index contributed by atoms with van der Waals surface area (Å²) in [5.41, 5.74) is 12.5. The molecule has 268 valence electrons. The van der Waals surface area contributed by atoms with Gasteiger partial charge in [-0.1, -0.05) is 152 Å². The SMILES string of the molecule is C=C/C=C(\C=C/C)c1c2cc(-c3ccc4ccccc4c3)ccc2c(-c2ccc3cc(-c4ccccc4)ccc3c2)c2cc3c(cc12)S(C)(C)c1ccccc1-3. The molecule has 1 aliphatic heterocycles. The summed E-state index contributed by atoms with van der Waals surface area (Å²) >= 11 is 0. The largest absolute Gasteiger partial charge is 0.192 e. The highest BCUT2D eigenvalue weighted by atomic mass is 32.3. The number of rotatable bonds is 6. The lowest BCUT2D eigenvalue weighted by atomic mass is 9.83. The van der Waals surface area contributed by atoms with Crippen molar-refractivity contribution in [3.63, 3.8) is 0 Å². The minimum Gasteiger partial charge on any atom is -0.192 e. The molecule has 0 saturated carbocycles. The van der Waals surface area contributed by atoms with Gasteiger partial charge in [-0.25, -0.2) is 0 Å². The first-order valence-electron chi connectivity index (χ1n) is 19.4. The highest BCUT2D eigenvalue weighted by Crippen LogP contribution is 2.68. The zero-order valence-corrected chi connectivity index (χ0v) is 32.8. The predicted octanol–water partition coefficient (Wildman–Crippen LogP) is 15.9. The Hall–Kier alpha value is -6.41. The molecule has 0 fully saturated rings. The Morgan fingerprint density at radius 3 is 1.82 bits per heavy atom. The molecule has 0 atom stereocenters. The molecular weight excluding hydrogens is 693 g/mol. The summed E-state index contributed by atoms with van der Waals surface area (Å²) in [5.74, 6) is 0. The van der Waals surface area contributed by atoms with Crippen molar-refractivity contribution in [1.29, 1.82) is 0 Å². The van der Waals surface area contributed by atoms with E-state index in [-0.39, 0.29) is 0 Å². The molecule has 0 aromatic heterocycles. The third-order valence-corrected chi connectivity index (χ3v) is 14.6. The Morgan fingerprint density at radius 2 is 1.05 bits per heavy atom. The Kier molecular flexibility index (Phi) is 8.17. The van der Waals surface area contributed by atoms with E-state index >= 15 is 0 Å². The molecule has 0 saturated heterocycles. The minimum atomic E-state index is -1.24. The lowest BCUT2D eigenvalue weighted by Crippen LogP contribution is -1.97. The van der Waals surface area contributed by atoms with Crippen LogP contribution in [0, 0.1) is 0 Å². The highest BCUT2D eigenvalue weighted by molar-refractivity contribution is 8.33. The van der Waals surface area contributed by atoms with Gasteiger partial charge in [0.1, 0.15) is 0 Å². The van der Waals surface area contributed by atoms with Crippen LogP contribution in [0.4, 0.5) is 0 Å². The standard InChI is InChI=1S/C55H42S/c1-5-14-38(15-6-2)54-49-33-44(42-23-22-37-18-10-11-19-39(37)30-42)28-29-47(49)55(45-27-26-41-31-40(24-25-43(41)32-45)36-16-8-7-9-17-36)50-34-48-46-20-12-13-21-52(46)56(3,4)53(48)35-51(50)54/h5-35H,1H2,2-4H3/b15-6-,38-14+. The van der Waals surface area contributed by atoms with Crippen molar-refractivity contribution in [2.75, 3.05) is 12.5 Å². The Balaban J connectivity index is 1.31. The molecule has 0 radical (unpaired) electrons. The predicted molar refractivity (Wildman–Crippen MR) is 247 cm³/mol. The summed E-state index contributed by atoms with van der Waals surface area (Å²) in [6.45, 7) is 6.29. The molecule has 0 unspecified atom stereocenters. The lowest BCUT2D eigenvalue weighted by Gasteiger charge is -2.29. The molecular formula is C55H42S. The Morgan fingerprint density at radius 1 is 0.464 bits per heavy atom. The Labute approximate surface area is 331 Å². The zero-order valence-electron chi connectivity index (χ0n) is 32.0. The van der Waals surface area contributed by atoms with Gasteiger partial charge >= 0.3 is 0 Å². The van der Waals surface area contributed by atoms with Gasteiger partial charge in [-0.15, -0.1) is 0 Å². The van der Waals surface area contributed by atoms with E-state index in [4.69, 9.17) is 0 Å². The average Bonchev–Trinajstić information content (AvgIpc) is 3.46. The maximum Gasteiger partial charge on any atom is 0.00219 e. The number of benzene rings is 9. The van der Waals surface area contributed by atoms with Crippen molar-refractivity contribution in [3.8, 4) is 44.5 Å². The fourth-order valence-electron chi connectivity index (χ4n) is 9.05. The molecule has 0 nitrogen and oxygen atoms in total. The van der Waals surface area contributed by atoms with Gasteiger partial charge in [-0.2, -0.15) is 10.0 Å². The molecule has 56 heavy (non-hydrogen) atoms. The molecule has 1 heterocycles. The molecule has 9 aromatic carbocycles. The second-order valence-electron chi connectivity index (χ2n) is 15.3. The second kappa shape index (κ2) is 13.4. The maximum absolute atomic E-state index is 4.18. The number of allylic oxidation sites excluding steroid dienone is 5. The van der Waals surface area contributed by atoms with Crippen LogP contribution in [0.3, 0.4) is 0 Å². The van der Waals surface area contributed by atoms with E-state index < -0.39 is 10.0 Å². The molecule has 0 N–H and O–H groups in total. The van der Waals surface area contributed by atoms with E-state index in [2.05, 4.69) is 208 Å². The quantitative estimate of drug-likeness (QED) is 0.118. The fraction of sp³-hybridized carbons (Fsp3) is 0.0545. The van der Waals surface area contributed by atoms with Crippen LogP contribution in [-0.4, -0.2) is 12.5 Å². The van der Waals surface area contributed by atoms with Gasteiger partial charge in [0.25, 0.3) is 0 Å². The summed E-state index contributed by atoms with van der Waals surface area (Å²) < 4.78 is 0. The van der Waals surface area contributed by atoms with Crippen LogP contribution in [0.15, 0.2) is 204 Å². The van der Waals surface area contributed by atoms with Crippen molar-refractivity contribution in [1.82, 2.24) is 0 Å². The van der Waals surface area contributed by atoms with Gasteiger partial charge in [0, 0.05) is 9.79 Å². The van der Waals surface area contributed by atoms with Crippen molar-refractivity contribution in [2.24, 2.45) is 0 Å². The van der Waals surface area contributed by atoms with Crippen LogP contribution in [0.5, 0.6) is 0 Å². The van der Waals surface area contributed by atoms with E-state index in [1.165, 1.54) is 103 Å². The van der Waals surface area contributed by atoms with Crippen LogP contribution < -0.4 is 0 Å². The smallest absolute Gasteiger partial charge is 0.00219 e. The summed E-state index contributed by atoms with van der Waals surface area (Å²) in [7, 11) is -1.24. The first-order valence-corrected chi connectivity index (χ1v) is 21.8. The van der Waals surface area contributed by atoms with Gasteiger partial charge in [0.2, 0.25) is 0 Å². The molecule has 1 aliphatic rings. The monoisotopic (exact) mass is 734 g/mol. The molecule has 0 spiro atoms. The number of hydrogen-bond donors (Lipinski definition) is 0. The van der Waals surface area contributed by atoms with E-state index in [0.29, 0.717) is 0 Å². The van der Waals surface area contributed by atoms with E-state index in [0.717, 1.165) is 5.57 Å². The van der Waals surface area contributed by atoms with E-state index in [1.807, 2.05) is 6.08 Å². The van der Waals surface area contributed by atoms with Crippen molar-refractivity contribution >= 4 is 58.7 Å². The van der Waals surface area contributed by atoms with Gasteiger partial charge < -0.3 is 0 Å². The van der Waals surface area contributed by atoms with Crippen molar-refractivity contribution in [3.05, 3.63) is 200 Å². The average molecular weight is 735 g/mol. The summed E-state index contributed by atoms with van der Waals surface area (Å²) in [4.78, 5) is 2.92. The van der Waals surface area contributed by atoms with Gasteiger partial charge in [0.15, 0.2) is 0 Å². The van der Waals surface area contributed by atoms with Crippen LogP contribution in [0.25, 0.3) is 93.2 Å². The molecule has 10 rings (SSSR count). The molecule has 1 heteroatoms. The van der Waals surface area contributed by atoms with Crippen LogP contribution in [-0.2, 0) is 0 Å². The molecule has 9 aromatic rings. The Bertz CT molecular complexity index is 3120. The third-order valence-electron chi connectivity index (χ3n) is 11.7. The maximum atomic E-state index is 4.18. The summed E-state index contributed by atoms with van der Waals surface area (Å²) in [6.07, 6.45) is 13.4. The fourth-order valence-corrected chi connectivity index (χ4v) is 11.6. The van der Waals surface area contributed by atoms with E-state index in [9.17, 15) is 0 Å². The lowest BCUT2D eigenvalue weighted by molar-refractivity contribution is 1.46. The number of fused-ring (bicyclic) bond motifs is 7. The summed E-state index contributed by atoms with van der Waals surface area (Å²) in [5, 5.41) is 10.0. The topological polar surface area (TPSA) is 0 Å². The van der Waals surface area contributed by atoms with Crippen molar-refractivity contribution in [2.45, 2.75) is 16.7 Å². The first kappa shape index (κ1) is 34.1. The first-order chi connectivity index (χ1) is 27.4. The van der Waals surface area contributed by atoms with Crippen LogP contribution in [0.1, 0.15) is 12.5 Å².